The zero-order valence-electron chi connectivity index (χ0n) is 7.71. The number of carbonyl (C=O) groups is 2. The van der Waals surface area contributed by atoms with Crippen molar-refractivity contribution in [2.24, 2.45) is 0 Å². The molecule has 0 spiro atoms. The van der Waals surface area contributed by atoms with Gasteiger partial charge in [0.25, 0.3) is 0 Å². The highest BCUT2D eigenvalue weighted by Crippen LogP contribution is 2.10. The van der Waals surface area contributed by atoms with Gasteiger partial charge in [0.05, 0.1) is 6.42 Å². The molecule has 0 saturated heterocycles. The monoisotopic (exact) mass is 211 g/mol. The molecule has 3 nitrogen and oxygen atoms in total. The van der Waals surface area contributed by atoms with E-state index in [0.717, 1.165) is 0 Å². The van der Waals surface area contributed by atoms with E-state index in [0.29, 0.717) is 10.6 Å². The highest BCUT2D eigenvalue weighted by molar-refractivity contribution is 6.30. The Bertz CT molecular complexity index is 346. The molecular weight excluding hydrogens is 202 g/mol. The number of hydrogen-bond donors (Lipinski definition) is 1. The summed E-state index contributed by atoms with van der Waals surface area (Å²) >= 11 is 5.66. The summed E-state index contributed by atoms with van der Waals surface area (Å²) in [7, 11) is 1.50. The van der Waals surface area contributed by atoms with Crippen LogP contribution >= 0.6 is 11.6 Å². The second kappa shape index (κ2) is 4.77. The Morgan fingerprint density at radius 1 is 1.29 bits per heavy atom. The molecule has 1 N–H and O–H groups in total. The number of Topliss-reactive ketones (excluding diaryl/α,β-unsaturated/α-hetero) is 1. The van der Waals surface area contributed by atoms with Crippen LogP contribution in [0, 0.1) is 0 Å². The molecule has 1 aromatic rings. The summed E-state index contributed by atoms with van der Waals surface area (Å²) in [5.74, 6) is -0.494. The van der Waals surface area contributed by atoms with Crippen LogP contribution < -0.4 is 5.32 Å². The number of hydrogen-bond acceptors (Lipinski definition) is 2. The standard InChI is InChI=1S/C10H10ClNO2/c1-12-10(14)6-9(13)7-2-4-8(11)5-3-7/h2-5H,6H2,1H3,(H,12,14). The third-order valence-corrected chi connectivity index (χ3v) is 2.02. The summed E-state index contributed by atoms with van der Waals surface area (Å²) in [4.78, 5) is 22.3. The van der Waals surface area contributed by atoms with E-state index < -0.39 is 0 Å². The number of halogens is 1. The molecule has 0 heterocycles. The first-order valence-corrected chi connectivity index (χ1v) is 4.50. The van der Waals surface area contributed by atoms with Crippen LogP contribution in [0.5, 0.6) is 0 Å². The van der Waals surface area contributed by atoms with E-state index >= 15 is 0 Å². The Morgan fingerprint density at radius 2 is 1.86 bits per heavy atom. The minimum Gasteiger partial charge on any atom is -0.359 e. The average Bonchev–Trinajstić information content (AvgIpc) is 2.18. The maximum absolute atomic E-state index is 11.4. The summed E-state index contributed by atoms with van der Waals surface area (Å²) in [6, 6.07) is 6.46. The quantitative estimate of drug-likeness (QED) is 0.611. The smallest absolute Gasteiger partial charge is 0.227 e. The van der Waals surface area contributed by atoms with Gasteiger partial charge in [0.15, 0.2) is 5.78 Å². The minimum atomic E-state index is -0.287. The number of nitrogens with one attached hydrogen (secondary N) is 1. The van der Waals surface area contributed by atoms with Gasteiger partial charge in [-0.3, -0.25) is 9.59 Å². The van der Waals surface area contributed by atoms with E-state index in [2.05, 4.69) is 5.32 Å². The lowest BCUT2D eigenvalue weighted by Gasteiger charge is -1.99. The summed E-state index contributed by atoms with van der Waals surface area (Å²) in [6.45, 7) is 0. The molecule has 0 unspecified atom stereocenters. The first kappa shape index (κ1) is 10.7. The fourth-order valence-electron chi connectivity index (χ4n) is 0.972. The summed E-state index contributed by atoms with van der Waals surface area (Å²) in [6.07, 6.45) is -0.127. The van der Waals surface area contributed by atoms with Gasteiger partial charge in [0.1, 0.15) is 0 Å². The third-order valence-electron chi connectivity index (χ3n) is 1.77. The van der Waals surface area contributed by atoms with Gasteiger partial charge in [-0.1, -0.05) is 11.6 Å². The first-order chi connectivity index (χ1) is 6.63. The van der Waals surface area contributed by atoms with Crippen LogP contribution in [0.25, 0.3) is 0 Å². The molecule has 0 aliphatic heterocycles. The maximum atomic E-state index is 11.4. The number of benzene rings is 1. The van der Waals surface area contributed by atoms with Crippen molar-refractivity contribution in [3.8, 4) is 0 Å². The second-order valence-electron chi connectivity index (χ2n) is 2.78. The maximum Gasteiger partial charge on any atom is 0.227 e. The van der Waals surface area contributed by atoms with Gasteiger partial charge in [0, 0.05) is 17.6 Å². The fourth-order valence-corrected chi connectivity index (χ4v) is 1.10. The van der Waals surface area contributed by atoms with E-state index in [-0.39, 0.29) is 18.1 Å². The molecule has 0 fully saturated rings. The Hall–Kier alpha value is -1.35. The average molecular weight is 212 g/mol. The molecule has 0 aliphatic carbocycles. The van der Waals surface area contributed by atoms with Crippen LogP contribution in [0.4, 0.5) is 0 Å². The zero-order chi connectivity index (χ0) is 10.6. The molecule has 4 heteroatoms. The molecule has 14 heavy (non-hydrogen) atoms. The van der Waals surface area contributed by atoms with Crippen molar-refractivity contribution in [2.45, 2.75) is 6.42 Å². The van der Waals surface area contributed by atoms with Gasteiger partial charge in [-0.15, -0.1) is 0 Å². The molecule has 0 atom stereocenters. The first-order valence-electron chi connectivity index (χ1n) is 4.13. The Kier molecular flexibility index (Phi) is 3.65. The van der Waals surface area contributed by atoms with Gasteiger partial charge in [0.2, 0.25) is 5.91 Å². The molecular formula is C10H10ClNO2. The molecule has 1 amide bonds. The minimum absolute atomic E-state index is 0.127. The molecule has 0 aromatic heterocycles. The van der Waals surface area contributed by atoms with Crippen molar-refractivity contribution < 1.29 is 9.59 Å². The Labute approximate surface area is 87.1 Å². The van der Waals surface area contributed by atoms with E-state index in [1.54, 1.807) is 24.3 Å². The summed E-state index contributed by atoms with van der Waals surface area (Å²) in [5.41, 5.74) is 0.498. The lowest BCUT2D eigenvalue weighted by molar-refractivity contribution is -0.119. The van der Waals surface area contributed by atoms with Crippen LogP contribution in [0.15, 0.2) is 24.3 Å². The van der Waals surface area contributed by atoms with E-state index in [4.69, 9.17) is 11.6 Å². The van der Waals surface area contributed by atoms with E-state index in [1.807, 2.05) is 0 Å². The van der Waals surface area contributed by atoms with Gasteiger partial charge in [-0.2, -0.15) is 0 Å². The molecule has 0 aliphatic rings. The van der Waals surface area contributed by atoms with Crippen molar-refractivity contribution in [2.75, 3.05) is 7.05 Å². The SMILES string of the molecule is CNC(=O)CC(=O)c1ccc(Cl)cc1. The molecule has 1 rings (SSSR count). The Balaban J connectivity index is 2.70. The van der Waals surface area contributed by atoms with E-state index in [1.165, 1.54) is 7.05 Å². The van der Waals surface area contributed by atoms with Crippen molar-refractivity contribution in [3.05, 3.63) is 34.9 Å². The highest BCUT2D eigenvalue weighted by Gasteiger charge is 2.09. The molecule has 1 aromatic carbocycles. The molecule has 0 radical (unpaired) electrons. The van der Waals surface area contributed by atoms with Crippen LogP contribution in [0.2, 0.25) is 5.02 Å². The van der Waals surface area contributed by atoms with Gasteiger partial charge < -0.3 is 5.32 Å². The van der Waals surface area contributed by atoms with Crippen molar-refractivity contribution in [1.82, 2.24) is 5.32 Å². The molecule has 0 saturated carbocycles. The van der Waals surface area contributed by atoms with Crippen molar-refractivity contribution in [1.29, 1.82) is 0 Å². The normalized spacial score (nSPS) is 9.57. The summed E-state index contributed by atoms with van der Waals surface area (Å²) in [5, 5.41) is 2.96. The fraction of sp³-hybridized carbons (Fsp3) is 0.200. The lowest BCUT2D eigenvalue weighted by Crippen LogP contribution is -2.21. The summed E-state index contributed by atoms with van der Waals surface area (Å²) < 4.78 is 0. The Morgan fingerprint density at radius 3 is 2.36 bits per heavy atom. The highest BCUT2D eigenvalue weighted by atomic mass is 35.5. The predicted octanol–water partition coefficient (Wildman–Crippen LogP) is 1.66. The molecule has 74 valence electrons. The number of ketones is 1. The number of carbonyl (C=O) groups excluding carboxylic acids is 2. The van der Waals surface area contributed by atoms with Crippen LogP contribution in [0.1, 0.15) is 16.8 Å². The van der Waals surface area contributed by atoms with Gasteiger partial charge >= 0.3 is 0 Å². The van der Waals surface area contributed by atoms with Gasteiger partial charge in [-0.05, 0) is 24.3 Å². The zero-order valence-corrected chi connectivity index (χ0v) is 8.47. The van der Waals surface area contributed by atoms with Crippen LogP contribution in [-0.4, -0.2) is 18.7 Å². The topological polar surface area (TPSA) is 46.2 Å². The number of amides is 1. The van der Waals surface area contributed by atoms with Crippen molar-refractivity contribution in [3.63, 3.8) is 0 Å². The lowest BCUT2D eigenvalue weighted by atomic mass is 10.1. The molecule has 0 bridgehead atoms. The van der Waals surface area contributed by atoms with Crippen molar-refractivity contribution >= 4 is 23.3 Å². The number of rotatable bonds is 3. The van der Waals surface area contributed by atoms with E-state index in [9.17, 15) is 9.59 Å². The van der Waals surface area contributed by atoms with Crippen LogP contribution in [-0.2, 0) is 4.79 Å². The van der Waals surface area contributed by atoms with Gasteiger partial charge in [-0.25, -0.2) is 0 Å². The predicted molar refractivity (Wildman–Crippen MR) is 54.5 cm³/mol. The second-order valence-corrected chi connectivity index (χ2v) is 3.22. The van der Waals surface area contributed by atoms with Crippen LogP contribution in [0.3, 0.4) is 0 Å². The largest absolute Gasteiger partial charge is 0.359 e. The third kappa shape index (κ3) is 2.85.